The number of nitrogens with zero attached hydrogens (tertiary/aromatic N) is 2. The second-order valence-electron chi connectivity index (χ2n) is 6.23. The highest BCUT2D eigenvalue weighted by atomic mass is 16.5. The van der Waals surface area contributed by atoms with Crippen LogP contribution in [0.3, 0.4) is 0 Å². The molecule has 3 rings (SSSR count). The lowest BCUT2D eigenvalue weighted by atomic mass is 10.1. The molecule has 2 aromatic carbocycles. The molecule has 0 radical (unpaired) electrons. The number of hydrogen-bond donors (Lipinski definition) is 1. The quantitative estimate of drug-likeness (QED) is 0.588. The smallest absolute Gasteiger partial charge is 0.264 e. The molecular weight excluding hydrogens is 358 g/mol. The van der Waals surface area contributed by atoms with Crippen molar-refractivity contribution in [1.29, 1.82) is 0 Å². The van der Waals surface area contributed by atoms with Gasteiger partial charge in [0.25, 0.3) is 5.89 Å². The van der Waals surface area contributed by atoms with Crippen LogP contribution in [0.1, 0.15) is 42.9 Å². The largest absolute Gasteiger partial charge is 0.483 e. The van der Waals surface area contributed by atoms with Crippen molar-refractivity contribution < 1.29 is 18.8 Å². The van der Waals surface area contributed by atoms with Gasteiger partial charge in [0.1, 0.15) is 5.75 Å². The topological polar surface area (TPSA) is 94.3 Å². The van der Waals surface area contributed by atoms with Crippen molar-refractivity contribution in [2.75, 3.05) is 5.32 Å². The Bertz CT molecular complexity index is 967. The predicted octanol–water partition coefficient (Wildman–Crippen LogP) is 4.26. The first-order chi connectivity index (χ1) is 13.6. The van der Waals surface area contributed by atoms with Gasteiger partial charge in [0.05, 0.1) is 5.56 Å². The van der Waals surface area contributed by atoms with Gasteiger partial charge in [-0.3, -0.25) is 9.59 Å². The molecule has 0 aliphatic heterocycles. The highest BCUT2D eigenvalue weighted by molar-refractivity contribution is 5.99. The van der Waals surface area contributed by atoms with Crippen LogP contribution >= 0.6 is 0 Å². The lowest BCUT2D eigenvalue weighted by Crippen LogP contribution is -2.11. The number of hydrogen-bond acceptors (Lipinski definition) is 6. The molecule has 3 aromatic rings. The van der Waals surface area contributed by atoms with Gasteiger partial charge < -0.3 is 14.6 Å². The maximum absolute atomic E-state index is 12.0. The van der Waals surface area contributed by atoms with E-state index in [2.05, 4.69) is 15.5 Å². The number of nitrogens with one attached hydrogen (secondary N) is 1. The van der Waals surface area contributed by atoms with Crippen molar-refractivity contribution in [3.63, 3.8) is 0 Å². The second kappa shape index (κ2) is 8.94. The first-order valence-corrected chi connectivity index (χ1v) is 9.02. The van der Waals surface area contributed by atoms with Crippen LogP contribution in [0.25, 0.3) is 11.4 Å². The summed E-state index contributed by atoms with van der Waals surface area (Å²) in [6.07, 6.45) is 1.18. The molecule has 0 saturated heterocycles. The summed E-state index contributed by atoms with van der Waals surface area (Å²) in [4.78, 5) is 28.0. The number of ether oxygens (including phenoxy) is 1. The fourth-order valence-corrected chi connectivity index (χ4v) is 2.62. The molecule has 1 heterocycles. The van der Waals surface area contributed by atoms with E-state index >= 15 is 0 Å². The first kappa shape index (κ1) is 19.3. The third-order valence-corrected chi connectivity index (χ3v) is 3.97. The zero-order valence-electron chi connectivity index (χ0n) is 15.8. The number of amides is 1. The van der Waals surface area contributed by atoms with Crippen molar-refractivity contribution in [2.24, 2.45) is 0 Å². The molecule has 0 fully saturated rings. The lowest BCUT2D eigenvalue weighted by molar-refractivity contribution is -0.116. The Hall–Kier alpha value is -3.48. The Morgan fingerprint density at radius 3 is 2.64 bits per heavy atom. The number of anilines is 1. The third-order valence-electron chi connectivity index (χ3n) is 3.97. The van der Waals surface area contributed by atoms with Gasteiger partial charge >= 0.3 is 0 Å². The van der Waals surface area contributed by atoms with Crippen molar-refractivity contribution in [2.45, 2.75) is 33.3 Å². The minimum atomic E-state index is -0.169. The van der Waals surface area contributed by atoms with Crippen molar-refractivity contribution >= 4 is 17.4 Å². The third kappa shape index (κ3) is 4.82. The fourth-order valence-electron chi connectivity index (χ4n) is 2.62. The molecule has 1 amide bonds. The summed E-state index contributed by atoms with van der Waals surface area (Å²) in [7, 11) is 0. The molecule has 1 N–H and O–H groups in total. The summed E-state index contributed by atoms with van der Waals surface area (Å²) in [5.74, 6) is 0.899. The number of ketones is 1. The highest BCUT2D eigenvalue weighted by Gasteiger charge is 2.14. The number of carbonyl (C=O) groups excluding carboxylic acids is 2. The van der Waals surface area contributed by atoms with Gasteiger partial charge in [-0.15, -0.1) is 0 Å². The number of Topliss-reactive ketones (excluding diaryl/α,β-unsaturated/α-hetero) is 1. The zero-order chi connectivity index (χ0) is 19.9. The Balaban J connectivity index is 1.71. The van der Waals surface area contributed by atoms with Gasteiger partial charge in [0, 0.05) is 17.7 Å². The summed E-state index contributed by atoms with van der Waals surface area (Å²) in [6.45, 7) is 3.40. The van der Waals surface area contributed by atoms with Gasteiger partial charge in [-0.25, -0.2) is 0 Å². The van der Waals surface area contributed by atoms with Crippen LogP contribution in [0, 0.1) is 0 Å². The van der Waals surface area contributed by atoms with Crippen LogP contribution in [-0.2, 0) is 11.4 Å². The minimum absolute atomic E-state index is 0.0294. The molecule has 0 atom stereocenters. The van der Waals surface area contributed by atoms with Gasteiger partial charge in [-0.2, -0.15) is 4.98 Å². The summed E-state index contributed by atoms with van der Waals surface area (Å²) < 4.78 is 10.9. The van der Waals surface area contributed by atoms with E-state index in [1.807, 2.05) is 37.3 Å². The van der Waals surface area contributed by atoms with E-state index < -0.39 is 0 Å². The van der Waals surface area contributed by atoms with Crippen LogP contribution in [0.4, 0.5) is 5.69 Å². The average Bonchev–Trinajstić information content (AvgIpc) is 3.17. The number of aromatic nitrogens is 2. The van der Waals surface area contributed by atoms with E-state index in [0.717, 1.165) is 12.0 Å². The highest BCUT2D eigenvalue weighted by Crippen LogP contribution is 2.25. The standard InChI is InChI=1S/C21H21N3O4/c1-3-7-19(26)22-16-10-11-18(17(12-16)14(2)25)27-13-20-23-21(24-28-20)15-8-5-4-6-9-15/h4-6,8-12H,3,7,13H2,1-2H3,(H,22,26). The SMILES string of the molecule is CCCC(=O)Nc1ccc(OCc2nc(-c3ccccc3)no2)c(C(C)=O)c1. The molecule has 7 heteroatoms. The maximum Gasteiger partial charge on any atom is 0.264 e. The molecule has 0 aliphatic rings. The van der Waals surface area contributed by atoms with Gasteiger partial charge in [0.2, 0.25) is 11.7 Å². The predicted molar refractivity (Wildman–Crippen MR) is 104 cm³/mol. The van der Waals surface area contributed by atoms with Gasteiger partial charge in [-0.1, -0.05) is 42.4 Å². The monoisotopic (exact) mass is 379 g/mol. The van der Waals surface area contributed by atoms with E-state index in [-0.39, 0.29) is 18.3 Å². The van der Waals surface area contributed by atoms with Gasteiger partial charge in [0.15, 0.2) is 12.4 Å². The zero-order valence-corrected chi connectivity index (χ0v) is 15.8. The Labute approximate surface area is 162 Å². The summed E-state index contributed by atoms with van der Waals surface area (Å²) in [5.41, 5.74) is 1.77. The Morgan fingerprint density at radius 2 is 1.93 bits per heavy atom. The van der Waals surface area contributed by atoms with Crippen LogP contribution in [0.5, 0.6) is 5.75 Å². The average molecular weight is 379 g/mol. The minimum Gasteiger partial charge on any atom is -0.483 e. The molecule has 0 aliphatic carbocycles. The van der Waals surface area contributed by atoms with E-state index in [4.69, 9.17) is 9.26 Å². The molecule has 1 aromatic heterocycles. The number of rotatable bonds is 8. The first-order valence-electron chi connectivity index (χ1n) is 9.02. The van der Waals surface area contributed by atoms with E-state index in [0.29, 0.717) is 35.1 Å². The second-order valence-corrected chi connectivity index (χ2v) is 6.23. The van der Waals surface area contributed by atoms with Crippen LogP contribution in [-0.4, -0.2) is 21.8 Å². The van der Waals surface area contributed by atoms with Crippen molar-refractivity contribution in [3.05, 3.63) is 60.0 Å². The van der Waals surface area contributed by atoms with Crippen LogP contribution < -0.4 is 10.1 Å². The van der Waals surface area contributed by atoms with Crippen LogP contribution in [0.2, 0.25) is 0 Å². The molecule has 0 spiro atoms. The van der Waals surface area contributed by atoms with Gasteiger partial charge in [-0.05, 0) is 31.5 Å². The molecule has 144 valence electrons. The van der Waals surface area contributed by atoms with E-state index in [9.17, 15) is 9.59 Å². The molecule has 0 unspecified atom stereocenters. The van der Waals surface area contributed by atoms with E-state index in [1.165, 1.54) is 6.92 Å². The molecule has 28 heavy (non-hydrogen) atoms. The lowest BCUT2D eigenvalue weighted by Gasteiger charge is -2.11. The molecule has 0 saturated carbocycles. The molecular formula is C21H21N3O4. The van der Waals surface area contributed by atoms with Crippen molar-refractivity contribution in [1.82, 2.24) is 10.1 Å². The summed E-state index contributed by atoms with van der Waals surface area (Å²) in [6, 6.07) is 14.4. The summed E-state index contributed by atoms with van der Waals surface area (Å²) >= 11 is 0. The molecule has 0 bridgehead atoms. The Kier molecular flexibility index (Phi) is 6.16. The Morgan fingerprint density at radius 1 is 1.14 bits per heavy atom. The summed E-state index contributed by atoms with van der Waals surface area (Å²) in [5, 5.41) is 6.71. The number of carbonyl (C=O) groups is 2. The maximum atomic E-state index is 12.0. The van der Waals surface area contributed by atoms with E-state index in [1.54, 1.807) is 18.2 Å². The van der Waals surface area contributed by atoms with Crippen LogP contribution in [0.15, 0.2) is 53.1 Å². The number of benzene rings is 2. The normalized spacial score (nSPS) is 10.5. The fraction of sp³-hybridized carbons (Fsp3) is 0.238. The molecule has 7 nitrogen and oxygen atoms in total. The van der Waals surface area contributed by atoms with Crippen molar-refractivity contribution in [3.8, 4) is 17.1 Å².